The molecule has 0 aliphatic carbocycles. The van der Waals surface area contributed by atoms with Crippen LogP contribution in [-0.4, -0.2) is 73.3 Å². The van der Waals surface area contributed by atoms with Gasteiger partial charge in [-0.25, -0.2) is 4.39 Å². The molecule has 2 amide bonds. The molecule has 0 aromatic heterocycles. The van der Waals surface area contributed by atoms with Gasteiger partial charge in [0.2, 0.25) is 5.91 Å². The van der Waals surface area contributed by atoms with E-state index in [1.807, 2.05) is 14.1 Å². The van der Waals surface area contributed by atoms with E-state index in [0.717, 1.165) is 17.7 Å². The van der Waals surface area contributed by atoms with Crippen LogP contribution < -0.4 is 0 Å². The van der Waals surface area contributed by atoms with Gasteiger partial charge in [-0.15, -0.1) is 0 Å². The molecular weight excluding hydrogens is 462 g/mol. The van der Waals surface area contributed by atoms with Gasteiger partial charge in [0.15, 0.2) is 0 Å². The molecule has 1 heterocycles. The number of carbonyl (C=O) groups is 2. The van der Waals surface area contributed by atoms with E-state index >= 15 is 0 Å². The second-order valence-corrected chi connectivity index (χ2v) is 9.35. The molecule has 5 nitrogen and oxygen atoms in total. The van der Waals surface area contributed by atoms with Crippen molar-refractivity contribution < 1.29 is 27.2 Å². The number of hydrogen-bond donors (Lipinski definition) is 0. The SMILES string of the molecule is CN(C)CC(=O)N(C)[C@@H](Cc1ccc(F)cc1)C1CCN(C(=O)c2cccc(C(F)(F)F)c2)CC1. The second kappa shape index (κ2) is 11.2. The quantitative estimate of drug-likeness (QED) is 0.540. The third kappa shape index (κ3) is 7.04. The Bertz CT molecular complexity index is 1020. The van der Waals surface area contributed by atoms with Gasteiger partial charge in [-0.3, -0.25) is 9.59 Å². The summed E-state index contributed by atoms with van der Waals surface area (Å²) in [6, 6.07) is 10.5. The number of hydrogen-bond acceptors (Lipinski definition) is 3. The summed E-state index contributed by atoms with van der Waals surface area (Å²) in [5.41, 5.74) is 0.0708. The third-order valence-corrected chi connectivity index (χ3v) is 6.51. The van der Waals surface area contributed by atoms with E-state index in [2.05, 4.69) is 0 Å². The van der Waals surface area contributed by atoms with Gasteiger partial charge in [0, 0.05) is 31.7 Å². The van der Waals surface area contributed by atoms with Gasteiger partial charge in [-0.1, -0.05) is 18.2 Å². The van der Waals surface area contributed by atoms with Crippen LogP contribution in [0.15, 0.2) is 48.5 Å². The summed E-state index contributed by atoms with van der Waals surface area (Å²) in [6.07, 6.45) is -2.75. The first-order valence-corrected chi connectivity index (χ1v) is 11.6. The maximum Gasteiger partial charge on any atom is 0.416 e. The van der Waals surface area contributed by atoms with Crippen molar-refractivity contribution in [3.05, 3.63) is 71.0 Å². The average molecular weight is 494 g/mol. The summed E-state index contributed by atoms with van der Waals surface area (Å²) in [6.45, 7) is 1.02. The maximum atomic E-state index is 13.4. The third-order valence-electron chi connectivity index (χ3n) is 6.51. The van der Waals surface area contributed by atoms with Gasteiger partial charge in [0.1, 0.15) is 5.82 Å². The molecule has 1 fully saturated rings. The predicted molar refractivity (Wildman–Crippen MR) is 125 cm³/mol. The number of halogens is 4. The van der Waals surface area contributed by atoms with Crippen LogP contribution in [0.2, 0.25) is 0 Å². The van der Waals surface area contributed by atoms with Crippen LogP contribution in [0.3, 0.4) is 0 Å². The number of benzene rings is 2. The Kier molecular flexibility index (Phi) is 8.53. The minimum absolute atomic E-state index is 0.0133. The minimum atomic E-state index is -4.51. The molecule has 0 spiro atoms. The molecule has 0 unspecified atom stereocenters. The first kappa shape index (κ1) is 26.7. The van der Waals surface area contributed by atoms with E-state index in [9.17, 15) is 27.2 Å². The van der Waals surface area contributed by atoms with Crippen molar-refractivity contribution in [3.8, 4) is 0 Å². The van der Waals surface area contributed by atoms with Crippen molar-refractivity contribution in [2.24, 2.45) is 5.92 Å². The van der Waals surface area contributed by atoms with Crippen LogP contribution in [0.1, 0.15) is 34.3 Å². The Morgan fingerprint density at radius 2 is 1.66 bits per heavy atom. The fourth-order valence-corrected chi connectivity index (χ4v) is 4.55. The molecule has 9 heteroatoms. The highest BCUT2D eigenvalue weighted by atomic mass is 19.4. The largest absolute Gasteiger partial charge is 0.416 e. The molecular formula is C26H31F4N3O2. The standard InChI is InChI=1S/C26H31F4N3O2/c1-31(2)17-24(34)32(3)23(15-18-7-9-22(27)10-8-18)19-11-13-33(14-12-19)25(35)20-5-4-6-21(16-20)26(28,29)30/h4-10,16,19,23H,11-15,17H2,1-3H3/t23-/m0/s1. The monoisotopic (exact) mass is 493 g/mol. The fourth-order valence-electron chi connectivity index (χ4n) is 4.55. The number of likely N-dealkylation sites (N-methyl/N-ethyl adjacent to an activating group) is 2. The van der Waals surface area contributed by atoms with E-state index in [1.54, 1.807) is 33.9 Å². The molecule has 0 saturated carbocycles. The molecule has 3 rings (SSSR count). The van der Waals surface area contributed by atoms with Crippen LogP contribution in [-0.2, 0) is 17.4 Å². The first-order chi connectivity index (χ1) is 16.5. The summed E-state index contributed by atoms with van der Waals surface area (Å²) < 4.78 is 52.5. The molecule has 190 valence electrons. The molecule has 1 aliphatic heterocycles. The number of alkyl halides is 3. The lowest BCUT2D eigenvalue weighted by Gasteiger charge is -2.40. The summed E-state index contributed by atoms with van der Waals surface area (Å²) in [5, 5.41) is 0. The van der Waals surface area contributed by atoms with Crippen LogP contribution in [0, 0.1) is 11.7 Å². The van der Waals surface area contributed by atoms with Crippen molar-refractivity contribution in [3.63, 3.8) is 0 Å². The Morgan fingerprint density at radius 1 is 1.03 bits per heavy atom. The highest BCUT2D eigenvalue weighted by Crippen LogP contribution is 2.31. The predicted octanol–water partition coefficient (Wildman–Crippen LogP) is 4.33. The Morgan fingerprint density at radius 3 is 2.23 bits per heavy atom. The van der Waals surface area contributed by atoms with E-state index in [0.29, 0.717) is 32.4 Å². The van der Waals surface area contributed by atoms with E-state index < -0.39 is 17.6 Å². The minimum Gasteiger partial charge on any atom is -0.341 e. The van der Waals surface area contributed by atoms with Gasteiger partial charge >= 0.3 is 6.18 Å². The lowest BCUT2D eigenvalue weighted by atomic mass is 9.84. The smallest absolute Gasteiger partial charge is 0.341 e. The van der Waals surface area contributed by atoms with Crippen molar-refractivity contribution in [1.82, 2.24) is 14.7 Å². The van der Waals surface area contributed by atoms with Crippen molar-refractivity contribution >= 4 is 11.8 Å². The molecule has 0 N–H and O–H groups in total. The van der Waals surface area contributed by atoms with Gasteiger partial charge in [0.25, 0.3) is 5.91 Å². The molecule has 2 aromatic rings. The fraction of sp³-hybridized carbons (Fsp3) is 0.462. The zero-order valence-electron chi connectivity index (χ0n) is 20.2. The highest BCUT2D eigenvalue weighted by Gasteiger charge is 2.34. The Labute approximate surface area is 203 Å². The van der Waals surface area contributed by atoms with E-state index in [-0.39, 0.29) is 35.8 Å². The first-order valence-electron chi connectivity index (χ1n) is 11.6. The van der Waals surface area contributed by atoms with Crippen molar-refractivity contribution in [1.29, 1.82) is 0 Å². The number of piperidine rings is 1. The second-order valence-electron chi connectivity index (χ2n) is 9.35. The maximum absolute atomic E-state index is 13.4. The Balaban J connectivity index is 1.72. The average Bonchev–Trinajstić information content (AvgIpc) is 2.82. The molecule has 35 heavy (non-hydrogen) atoms. The molecule has 2 aromatic carbocycles. The van der Waals surface area contributed by atoms with Gasteiger partial charge in [-0.05, 0) is 75.2 Å². The van der Waals surface area contributed by atoms with E-state index in [1.165, 1.54) is 24.3 Å². The number of amides is 2. The molecule has 1 saturated heterocycles. The topological polar surface area (TPSA) is 43.9 Å². The number of carbonyl (C=O) groups excluding carboxylic acids is 2. The summed E-state index contributed by atoms with van der Waals surface area (Å²) >= 11 is 0. The molecule has 0 bridgehead atoms. The van der Waals surface area contributed by atoms with Gasteiger partial charge in [-0.2, -0.15) is 13.2 Å². The number of likely N-dealkylation sites (tertiary alicyclic amines) is 1. The summed E-state index contributed by atoms with van der Waals surface area (Å²) in [5.74, 6) is -0.711. The summed E-state index contributed by atoms with van der Waals surface area (Å²) in [7, 11) is 5.40. The van der Waals surface area contributed by atoms with Crippen LogP contribution in [0.4, 0.5) is 17.6 Å². The molecule has 0 radical (unpaired) electrons. The van der Waals surface area contributed by atoms with Gasteiger partial charge < -0.3 is 14.7 Å². The number of rotatable bonds is 7. The zero-order chi connectivity index (χ0) is 25.8. The Hall–Kier alpha value is -2.94. The summed E-state index contributed by atoms with van der Waals surface area (Å²) in [4.78, 5) is 30.8. The normalized spacial score (nSPS) is 15.8. The molecule has 1 atom stereocenters. The molecule has 1 aliphatic rings. The van der Waals surface area contributed by atoms with Gasteiger partial charge in [0.05, 0.1) is 12.1 Å². The lowest BCUT2D eigenvalue weighted by molar-refractivity contribution is -0.137. The van der Waals surface area contributed by atoms with Crippen molar-refractivity contribution in [2.45, 2.75) is 31.5 Å². The number of nitrogens with zero attached hydrogens (tertiary/aromatic N) is 3. The van der Waals surface area contributed by atoms with Crippen LogP contribution >= 0.6 is 0 Å². The van der Waals surface area contributed by atoms with Crippen molar-refractivity contribution in [2.75, 3.05) is 40.8 Å². The van der Waals surface area contributed by atoms with Crippen LogP contribution in [0.5, 0.6) is 0 Å². The van der Waals surface area contributed by atoms with Crippen LogP contribution in [0.25, 0.3) is 0 Å². The van der Waals surface area contributed by atoms with E-state index in [4.69, 9.17) is 0 Å². The lowest BCUT2D eigenvalue weighted by Crippen LogP contribution is -2.50. The zero-order valence-corrected chi connectivity index (χ0v) is 20.2. The highest BCUT2D eigenvalue weighted by molar-refractivity contribution is 5.94.